The summed E-state index contributed by atoms with van der Waals surface area (Å²) >= 11 is 0. The summed E-state index contributed by atoms with van der Waals surface area (Å²) < 4.78 is 4.60. The van der Waals surface area contributed by atoms with Gasteiger partial charge < -0.3 is 10.1 Å². The van der Waals surface area contributed by atoms with Crippen molar-refractivity contribution in [2.75, 3.05) is 20.2 Å². The van der Waals surface area contributed by atoms with E-state index in [4.69, 9.17) is 0 Å². The number of rotatable bonds is 6. The van der Waals surface area contributed by atoms with Crippen LogP contribution in [0.25, 0.3) is 0 Å². The van der Waals surface area contributed by atoms with Crippen molar-refractivity contribution in [1.82, 2.24) is 10.3 Å². The van der Waals surface area contributed by atoms with Gasteiger partial charge in [0.1, 0.15) is 0 Å². The lowest BCUT2D eigenvalue weighted by atomic mass is 10.2. The van der Waals surface area contributed by atoms with Gasteiger partial charge in [-0.25, -0.2) is 4.79 Å². The molecule has 1 aromatic heterocycles. The average Bonchev–Trinajstić information content (AvgIpc) is 2.38. The minimum Gasteiger partial charge on any atom is -0.466 e. The third kappa shape index (κ3) is 5.26. The zero-order chi connectivity index (χ0) is 12.5. The van der Waals surface area contributed by atoms with Crippen LogP contribution in [0.3, 0.4) is 0 Å². The molecule has 0 unspecified atom stereocenters. The van der Waals surface area contributed by atoms with E-state index in [0.29, 0.717) is 12.1 Å². The van der Waals surface area contributed by atoms with Crippen LogP contribution in [0.5, 0.6) is 0 Å². The lowest BCUT2D eigenvalue weighted by Crippen LogP contribution is -2.18. The molecule has 0 saturated carbocycles. The number of esters is 1. The maximum absolute atomic E-state index is 11.1. The summed E-state index contributed by atoms with van der Waals surface area (Å²) in [6.45, 7) is 3.27. The molecule has 1 heterocycles. The highest BCUT2D eigenvalue weighted by Crippen LogP contribution is 1.96. The van der Waals surface area contributed by atoms with E-state index in [1.807, 2.05) is 24.4 Å². The van der Waals surface area contributed by atoms with Crippen molar-refractivity contribution >= 4 is 5.97 Å². The molecule has 1 N–H and O–H groups in total. The number of nitrogens with zero attached hydrogens (tertiary/aromatic N) is 1. The van der Waals surface area contributed by atoms with Crippen LogP contribution >= 0.6 is 0 Å². The Morgan fingerprint density at radius 3 is 3.06 bits per heavy atom. The predicted molar refractivity (Wildman–Crippen MR) is 66.6 cm³/mol. The smallest absolute Gasteiger partial charge is 0.333 e. The first-order chi connectivity index (χ1) is 8.24. The molecule has 0 saturated heterocycles. The molecule has 0 fully saturated rings. The number of aromatic nitrogens is 1. The Bertz CT molecular complexity index is 374. The molecule has 0 bridgehead atoms. The van der Waals surface area contributed by atoms with Gasteiger partial charge in [-0.2, -0.15) is 0 Å². The van der Waals surface area contributed by atoms with Crippen LogP contribution in [0, 0.1) is 0 Å². The van der Waals surface area contributed by atoms with Crippen molar-refractivity contribution in [2.45, 2.75) is 13.3 Å². The molecule has 0 atom stereocenters. The molecule has 0 radical (unpaired) electrons. The zero-order valence-corrected chi connectivity index (χ0v) is 10.3. The molecule has 4 nitrogen and oxygen atoms in total. The highest BCUT2D eigenvalue weighted by atomic mass is 16.5. The average molecular weight is 234 g/mol. The van der Waals surface area contributed by atoms with Gasteiger partial charge >= 0.3 is 5.97 Å². The van der Waals surface area contributed by atoms with Crippen LogP contribution in [-0.2, 0) is 16.0 Å². The third-order valence-corrected chi connectivity index (χ3v) is 2.37. The molecule has 0 amide bonds. The van der Waals surface area contributed by atoms with Crippen LogP contribution < -0.4 is 5.32 Å². The fourth-order valence-electron chi connectivity index (χ4n) is 1.35. The second-order valence-corrected chi connectivity index (χ2v) is 3.69. The highest BCUT2D eigenvalue weighted by Gasteiger charge is 2.00. The van der Waals surface area contributed by atoms with Crippen molar-refractivity contribution in [3.63, 3.8) is 0 Å². The van der Waals surface area contributed by atoms with Crippen molar-refractivity contribution in [3.05, 3.63) is 41.7 Å². The summed E-state index contributed by atoms with van der Waals surface area (Å²) in [7, 11) is 1.38. The SMILES string of the molecule is COC(=O)/C(C)=C/CNCCc1cccnc1. The molecule has 92 valence electrons. The molecule has 0 aliphatic rings. The molecule has 1 rings (SSSR count). The number of pyridine rings is 1. The van der Waals surface area contributed by atoms with Gasteiger partial charge in [0.25, 0.3) is 0 Å². The molecule has 4 heteroatoms. The minimum atomic E-state index is -0.279. The number of carbonyl (C=O) groups excluding carboxylic acids is 1. The summed E-state index contributed by atoms with van der Waals surface area (Å²) in [5.74, 6) is -0.279. The van der Waals surface area contributed by atoms with E-state index < -0.39 is 0 Å². The third-order valence-electron chi connectivity index (χ3n) is 2.37. The van der Waals surface area contributed by atoms with Gasteiger partial charge in [0.15, 0.2) is 0 Å². The Hall–Kier alpha value is -1.68. The Kier molecular flexibility index (Phi) is 5.96. The minimum absolute atomic E-state index is 0.279. The van der Waals surface area contributed by atoms with E-state index in [2.05, 4.69) is 15.0 Å². The Morgan fingerprint density at radius 2 is 2.41 bits per heavy atom. The first kappa shape index (κ1) is 13.4. The zero-order valence-electron chi connectivity index (χ0n) is 10.3. The van der Waals surface area contributed by atoms with E-state index in [1.54, 1.807) is 13.1 Å². The van der Waals surface area contributed by atoms with Crippen molar-refractivity contribution in [1.29, 1.82) is 0 Å². The quantitative estimate of drug-likeness (QED) is 0.458. The molecule has 1 aromatic rings. The number of carbonyl (C=O) groups is 1. The first-order valence-electron chi connectivity index (χ1n) is 5.58. The standard InChI is InChI=1S/C13H18N2O2/c1-11(13(16)17-2)5-8-14-9-6-12-4-3-7-15-10-12/h3-5,7,10,14H,6,8-9H2,1-2H3/b11-5+. The van der Waals surface area contributed by atoms with E-state index in [-0.39, 0.29) is 5.97 Å². The predicted octanol–water partition coefficient (Wildman–Crippen LogP) is 1.33. The van der Waals surface area contributed by atoms with E-state index in [0.717, 1.165) is 13.0 Å². The summed E-state index contributed by atoms with van der Waals surface area (Å²) in [4.78, 5) is 15.1. The lowest BCUT2D eigenvalue weighted by molar-refractivity contribution is -0.136. The fraction of sp³-hybridized carbons (Fsp3) is 0.385. The summed E-state index contributed by atoms with van der Waals surface area (Å²) in [6.07, 6.45) is 6.38. The molecule has 0 aromatic carbocycles. The van der Waals surface area contributed by atoms with Crippen LogP contribution in [0.2, 0.25) is 0 Å². The van der Waals surface area contributed by atoms with Crippen molar-refractivity contribution < 1.29 is 9.53 Å². The first-order valence-corrected chi connectivity index (χ1v) is 5.58. The number of hydrogen-bond acceptors (Lipinski definition) is 4. The Balaban J connectivity index is 2.19. The van der Waals surface area contributed by atoms with Crippen LogP contribution in [0.15, 0.2) is 36.2 Å². The van der Waals surface area contributed by atoms with Crippen LogP contribution in [0.1, 0.15) is 12.5 Å². The van der Waals surface area contributed by atoms with E-state index >= 15 is 0 Å². The second kappa shape index (κ2) is 7.57. The fourth-order valence-corrected chi connectivity index (χ4v) is 1.35. The number of methoxy groups -OCH3 is 1. The van der Waals surface area contributed by atoms with Crippen LogP contribution in [-0.4, -0.2) is 31.2 Å². The highest BCUT2D eigenvalue weighted by molar-refractivity contribution is 5.87. The van der Waals surface area contributed by atoms with Gasteiger partial charge in [-0.3, -0.25) is 4.98 Å². The van der Waals surface area contributed by atoms with Gasteiger partial charge in [-0.15, -0.1) is 0 Å². The Labute approximate surface area is 102 Å². The van der Waals surface area contributed by atoms with Crippen molar-refractivity contribution in [2.24, 2.45) is 0 Å². The molecular formula is C13H18N2O2. The largest absolute Gasteiger partial charge is 0.466 e. The number of hydrogen-bond donors (Lipinski definition) is 1. The number of ether oxygens (including phenoxy) is 1. The summed E-state index contributed by atoms with van der Waals surface area (Å²) in [6, 6.07) is 3.97. The maximum Gasteiger partial charge on any atom is 0.333 e. The van der Waals surface area contributed by atoms with Crippen molar-refractivity contribution in [3.8, 4) is 0 Å². The number of nitrogens with one attached hydrogen (secondary N) is 1. The molecule has 0 aliphatic heterocycles. The van der Waals surface area contributed by atoms with E-state index in [9.17, 15) is 4.79 Å². The molecular weight excluding hydrogens is 216 g/mol. The maximum atomic E-state index is 11.1. The normalized spacial score (nSPS) is 11.3. The van der Waals surface area contributed by atoms with Crippen LogP contribution in [0.4, 0.5) is 0 Å². The van der Waals surface area contributed by atoms with Gasteiger partial charge in [-0.1, -0.05) is 12.1 Å². The molecule has 0 aliphatic carbocycles. The molecule has 0 spiro atoms. The Morgan fingerprint density at radius 1 is 1.59 bits per heavy atom. The monoisotopic (exact) mass is 234 g/mol. The summed E-state index contributed by atoms with van der Waals surface area (Å²) in [5, 5.41) is 3.23. The van der Waals surface area contributed by atoms with Gasteiger partial charge in [0.05, 0.1) is 7.11 Å². The van der Waals surface area contributed by atoms with Gasteiger partial charge in [-0.05, 0) is 31.5 Å². The van der Waals surface area contributed by atoms with Gasteiger partial charge in [0, 0.05) is 24.5 Å². The lowest BCUT2D eigenvalue weighted by Gasteiger charge is -2.02. The van der Waals surface area contributed by atoms with E-state index in [1.165, 1.54) is 12.7 Å². The summed E-state index contributed by atoms with van der Waals surface area (Å²) in [5.41, 5.74) is 1.83. The molecule has 17 heavy (non-hydrogen) atoms. The topological polar surface area (TPSA) is 51.2 Å². The second-order valence-electron chi connectivity index (χ2n) is 3.69. The van der Waals surface area contributed by atoms with Gasteiger partial charge in [0.2, 0.25) is 0 Å².